The summed E-state index contributed by atoms with van der Waals surface area (Å²) < 4.78 is 4.88. The Morgan fingerprint density at radius 1 is 1.50 bits per heavy atom. The Morgan fingerprint density at radius 2 is 2.33 bits per heavy atom. The summed E-state index contributed by atoms with van der Waals surface area (Å²) in [5.74, 6) is 0.484. The van der Waals surface area contributed by atoms with Crippen molar-refractivity contribution in [2.24, 2.45) is 0 Å². The molecule has 2 aromatic rings. The molecule has 2 aromatic heterocycles. The first-order chi connectivity index (χ1) is 5.75. The molecule has 2 rings (SSSR count). The predicted molar refractivity (Wildman–Crippen MR) is 47.4 cm³/mol. The highest BCUT2D eigenvalue weighted by Crippen LogP contribution is 2.26. The van der Waals surface area contributed by atoms with Crippen LogP contribution in [0.4, 0.5) is 0 Å². The van der Waals surface area contributed by atoms with Crippen molar-refractivity contribution in [1.29, 1.82) is 0 Å². The minimum atomic E-state index is 0.149. The molecule has 0 spiro atoms. The van der Waals surface area contributed by atoms with Crippen LogP contribution in [0.15, 0.2) is 16.7 Å². The molecule has 0 atom stereocenters. The number of aryl methyl sites for hydroxylation is 1. The maximum atomic E-state index is 5.51. The van der Waals surface area contributed by atoms with Gasteiger partial charge in [-0.25, -0.2) is 0 Å². The number of thiophene rings is 1. The molecule has 0 saturated heterocycles. The van der Waals surface area contributed by atoms with Crippen LogP contribution in [0.1, 0.15) is 4.88 Å². The normalized spacial score (nSPS) is 10.5. The van der Waals surface area contributed by atoms with Crippen LogP contribution in [-0.2, 0) is 0 Å². The highest BCUT2D eigenvalue weighted by atomic mass is 35.5. The van der Waals surface area contributed by atoms with Gasteiger partial charge in [0, 0.05) is 4.88 Å². The molecule has 0 aromatic carbocycles. The molecule has 0 fully saturated rings. The van der Waals surface area contributed by atoms with E-state index in [0.717, 1.165) is 4.88 Å². The fourth-order valence-electron chi connectivity index (χ4n) is 0.855. The van der Waals surface area contributed by atoms with Crippen LogP contribution in [0.2, 0.25) is 5.28 Å². The third-order valence-corrected chi connectivity index (χ3v) is 2.49. The van der Waals surface area contributed by atoms with Crippen molar-refractivity contribution in [3.63, 3.8) is 0 Å². The van der Waals surface area contributed by atoms with Gasteiger partial charge in [-0.05, 0) is 35.8 Å². The van der Waals surface area contributed by atoms with Crippen LogP contribution in [-0.4, -0.2) is 10.1 Å². The molecule has 0 aliphatic rings. The van der Waals surface area contributed by atoms with E-state index in [1.54, 1.807) is 11.3 Å². The van der Waals surface area contributed by atoms with Crippen molar-refractivity contribution in [2.45, 2.75) is 6.92 Å². The maximum Gasteiger partial charge on any atom is 0.269 e. The summed E-state index contributed by atoms with van der Waals surface area (Å²) in [5, 5.41) is 3.64. The third kappa shape index (κ3) is 1.35. The summed E-state index contributed by atoms with van der Waals surface area (Å²) in [5.41, 5.74) is 0. The molecule has 0 aliphatic heterocycles. The second-order valence-corrected chi connectivity index (χ2v) is 3.90. The fourth-order valence-corrected chi connectivity index (χ4v) is 1.76. The smallest absolute Gasteiger partial charge is 0.269 e. The largest absolute Gasteiger partial charge is 0.332 e. The van der Waals surface area contributed by atoms with Gasteiger partial charge in [0.1, 0.15) is 0 Å². The van der Waals surface area contributed by atoms with Crippen LogP contribution in [0, 0.1) is 6.92 Å². The Hall–Kier alpha value is -0.870. The maximum absolute atomic E-state index is 5.51. The minimum absolute atomic E-state index is 0.149. The number of hydrogen-bond donors (Lipinski definition) is 0. The molecule has 0 N–H and O–H groups in total. The highest BCUT2D eigenvalue weighted by Gasteiger charge is 2.08. The van der Waals surface area contributed by atoms with Crippen LogP contribution in [0.25, 0.3) is 10.8 Å². The van der Waals surface area contributed by atoms with Gasteiger partial charge in [0.2, 0.25) is 0 Å². The average molecular weight is 201 g/mol. The first-order valence-electron chi connectivity index (χ1n) is 3.32. The number of halogens is 1. The van der Waals surface area contributed by atoms with E-state index in [4.69, 9.17) is 16.1 Å². The van der Waals surface area contributed by atoms with Gasteiger partial charge in [-0.15, -0.1) is 11.3 Å². The lowest BCUT2D eigenvalue weighted by Gasteiger charge is -1.81. The van der Waals surface area contributed by atoms with Gasteiger partial charge in [0.15, 0.2) is 0 Å². The molecule has 5 heteroatoms. The molecule has 62 valence electrons. The quantitative estimate of drug-likeness (QED) is 0.711. The summed E-state index contributed by atoms with van der Waals surface area (Å²) in [6.45, 7) is 2.02. The van der Waals surface area contributed by atoms with Crippen LogP contribution in [0.3, 0.4) is 0 Å². The first kappa shape index (κ1) is 7.76. The van der Waals surface area contributed by atoms with E-state index in [9.17, 15) is 0 Å². The zero-order chi connectivity index (χ0) is 8.55. The Kier molecular flexibility index (Phi) is 1.86. The molecule has 2 heterocycles. The van der Waals surface area contributed by atoms with Crippen LogP contribution < -0.4 is 0 Å². The summed E-state index contributed by atoms with van der Waals surface area (Å²) in [6, 6.07) is 3.93. The van der Waals surface area contributed by atoms with Gasteiger partial charge in [0.05, 0.1) is 4.88 Å². The summed E-state index contributed by atoms with van der Waals surface area (Å²) in [6.07, 6.45) is 0. The molecule has 0 amide bonds. The fraction of sp³-hybridized carbons (Fsp3) is 0.143. The Bertz CT molecular complexity index is 357. The minimum Gasteiger partial charge on any atom is -0.332 e. The number of hydrogen-bond acceptors (Lipinski definition) is 4. The van der Waals surface area contributed by atoms with Gasteiger partial charge in [-0.1, -0.05) is 0 Å². The van der Waals surface area contributed by atoms with E-state index in [1.807, 2.05) is 19.1 Å². The van der Waals surface area contributed by atoms with Crippen molar-refractivity contribution < 1.29 is 4.52 Å². The lowest BCUT2D eigenvalue weighted by Crippen LogP contribution is -1.67. The second-order valence-electron chi connectivity index (χ2n) is 2.28. The standard InChI is InChI=1S/C7H5ClN2OS/c1-4-2-3-5(12-4)6-9-7(8)10-11-6/h2-3H,1H3. The molecule has 0 bridgehead atoms. The van der Waals surface area contributed by atoms with Gasteiger partial charge < -0.3 is 4.52 Å². The van der Waals surface area contributed by atoms with Crippen molar-refractivity contribution in [3.05, 3.63) is 22.3 Å². The lowest BCUT2D eigenvalue weighted by atomic mass is 10.4. The molecule has 0 unspecified atom stereocenters. The predicted octanol–water partition coefficient (Wildman–Crippen LogP) is 2.76. The number of rotatable bonds is 1. The molecule has 0 aliphatic carbocycles. The van der Waals surface area contributed by atoms with Crippen molar-refractivity contribution in [3.8, 4) is 10.8 Å². The zero-order valence-electron chi connectivity index (χ0n) is 6.24. The van der Waals surface area contributed by atoms with Gasteiger partial charge in [0.25, 0.3) is 11.2 Å². The van der Waals surface area contributed by atoms with E-state index in [0.29, 0.717) is 5.89 Å². The first-order valence-corrected chi connectivity index (χ1v) is 4.51. The molecule has 3 nitrogen and oxygen atoms in total. The topological polar surface area (TPSA) is 38.9 Å². The van der Waals surface area contributed by atoms with Crippen molar-refractivity contribution in [2.75, 3.05) is 0 Å². The SMILES string of the molecule is Cc1ccc(-c2nc(Cl)no2)s1. The van der Waals surface area contributed by atoms with Crippen LogP contribution in [0.5, 0.6) is 0 Å². The van der Waals surface area contributed by atoms with Crippen LogP contribution >= 0.6 is 22.9 Å². The molecular weight excluding hydrogens is 196 g/mol. The third-order valence-electron chi connectivity index (χ3n) is 1.35. The van der Waals surface area contributed by atoms with Gasteiger partial charge in [-0.3, -0.25) is 0 Å². The Labute approximate surface area is 78.0 Å². The highest BCUT2D eigenvalue weighted by molar-refractivity contribution is 7.15. The summed E-state index contributed by atoms with van der Waals surface area (Å²) in [7, 11) is 0. The lowest BCUT2D eigenvalue weighted by molar-refractivity contribution is 0.431. The van der Waals surface area contributed by atoms with E-state index < -0.39 is 0 Å². The zero-order valence-corrected chi connectivity index (χ0v) is 7.82. The van der Waals surface area contributed by atoms with Crippen molar-refractivity contribution >= 4 is 22.9 Å². The molecular formula is C7H5ClN2OS. The Morgan fingerprint density at radius 3 is 2.83 bits per heavy atom. The Balaban J connectivity index is 2.43. The van der Waals surface area contributed by atoms with Gasteiger partial charge in [-0.2, -0.15) is 4.98 Å². The average Bonchev–Trinajstić information content (AvgIpc) is 2.58. The molecule has 0 radical (unpaired) electrons. The molecule has 12 heavy (non-hydrogen) atoms. The summed E-state index contributed by atoms with van der Waals surface area (Å²) >= 11 is 7.11. The van der Waals surface area contributed by atoms with E-state index in [1.165, 1.54) is 4.88 Å². The van der Waals surface area contributed by atoms with Gasteiger partial charge >= 0.3 is 0 Å². The van der Waals surface area contributed by atoms with Crippen molar-refractivity contribution in [1.82, 2.24) is 10.1 Å². The molecule has 0 saturated carbocycles. The monoisotopic (exact) mass is 200 g/mol. The number of nitrogens with zero attached hydrogens (tertiary/aromatic N) is 2. The van der Waals surface area contributed by atoms with E-state index in [-0.39, 0.29) is 5.28 Å². The van der Waals surface area contributed by atoms with E-state index in [2.05, 4.69) is 10.1 Å². The number of aromatic nitrogens is 2. The summed E-state index contributed by atoms with van der Waals surface area (Å²) in [4.78, 5) is 6.05. The van der Waals surface area contributed by atoms with E-state index >= 15 is 0 Å². The second kappa shape index (κ2) is 2.88.